The van der Waals surface area contributed by atoms with E-state index in [9.17, 15) is 32.7 Å². The van der Waals surface area contributed by atoms with Crippen molar-refractivity contribution in [2.75, 3.05) is 25.5 Å². The first-order chi connectivity index (χ1) is 12.5. The van der Waals surface area contributed by atoms with Crippen LogP contribution in [0, 0.1) is 11.8 Å². The van der Waals surface area contributed by atoms with Crippen LogP contribution in [-0.2, 0) is 15.7 Å². The quantitative estimate of drug-likeness (QED) is 0.776. The second-order valence-electron chi connectivity index (χ2n) is 6.46. The summed E-state index contributed by atoms with van der Waals surface area (Å²) < 4.78 is 43.4. The van der Waals surface area contributed by atoms with Crippen LogP contribution in [-0.4, -0.2) is 48.2 Å². The van der Waals surface area contributed by atoms with E-state index in [2.05, 4.69) is 10.1 Å². The molecule has 2 rings (SSSR count). The lowest BCUT2D eigenvalue weighted by atomic mass is 9.91. The molecule has 0 spiro atoms. The summed E-state index contributed by atoms with van der Waals surface area (Å²) in [5.74, 6) is -2.81. The number of urea groups is 1. The number of rotatable bonds is 3. The molecule has 2 unspecified atom stereocenters. The Balaban J connectivity index is 2.29. The number of carbonyl (C=O) groups excluding carboxylic acids is 2. The summed E-state index contributed by atoms with van der Waals surface area (Å²) >= 11 is 0. The van der Waals surface area contributed by atoms with Crippen LogP contribution < -0.4 is 5.32 Å². The molecule has 1 aromatic rings. The number of nitrogens with zero attached hydrogens (tertiary/aromatic N) is 1. The molecule has 148 valence electrons. The van der Waals surface area contributed by atoms with E-state index < -0.39 is 35.6 Å². The zero-order valence-corrected chi connectivity index (χ0v) is 14.7. The first kappa shape index (κ1) is 20.5. The van der Waals surface area contributed by atoms with Gasteiger partial charge in [-0.15, -0.1) is 0 Å². The number of halogens is 3. The first-order valence-electron chi connectivity index (χ1n) is 8.11. The minimum absolute atomic E-state index is 0.0714. The highest BCUT2D eigenvalue weighted by Gasteiger charge is 2.34. The van der Waals surface area contributed by atoms with Gasteiger partial charge in [-0.2, -0.15) is 13.2 Å². The number of alkyl halides is 3. The van der Waals surface area contributed by atoms with Crippen molar-refractivity contribution in [3.63, 3.8) is 0 Å². The molecule has 0 radical (unpaired) electrons. The van der Waals surface area contributed by atoms with E-state index in [4.69, 9.17) is 0 Å². The number of benzene rings is 1. The van der Waals surface area contributed by atoms with Crippen molar-refractivity contribution in [3.05, 3.63) is 29.3 Å². The van der Waals surface area contributed by atoms with Gasteiger partial charge in [0.05, 0.1) is 29.8 Å². The number of anilines is 1. The fraction of sp³-hybridized carbons (Fsp3) is 0.471. The van der Waals surface area contributed by atoms with Crippen molar-refractivity contribution in [1.82, 2.24) is 4.90 Å². The molecule has 1 saturated heterocycles. The van der Waals surface area contributed by atoms with Gasteiger partial charge in [-0.05, 0) is 30.5 Å². The zero-order valence-electron chi connectivity index (χ0n) is 14.7. The molecule has 1 fully saturated rings. The van der Waals surface area contributed by atoms with Gasteiger partial charge in [0.25, 0.3) is 0 Å². The Morgan fingerprint density at radius 1 is 1.26 bits per heavy atom. The third-order valence-electron chi connectivity index (χ3n) is 4.29. The maximum atomic E-state index is 13.0. The van der Waals surface area contributed by atoms with Gasteiger partial charge in [-0.3, -0.25) is 4.79 Å². The summed E-state index contributed by atoms with van der Waals surface area (Å²) in [5.41, 5.74) is -1.63. The second-order valence-corrected chi connectivity index (χ2v) is 6.46. The third kappa shape index (κ3) is 4.89. The minimum Gasteiger partial charge on any atom is -0.481 e. The number of methoxy groups -OCH3 is 1. The first-order valence-corrected chi connectivity index (χ1v) is 8.11. The van der Waals surface area contributed by atoms with Crippen LogP contribution in [0.3, 0.4) is 0 Å². The SMILES string of the molecule is COC(=O)c1ccc(C(F)(F)F)cc1NC(=O)N1CC(C)CC(C(=O)O)C1. The summed E-state index contributed by atoms with van der Waals surface area (Å²) in [6.07, 6.45) is -4.27. The van der Waals surface area contributed by atoms with Crippen molar-refractivity contribution in [2.24, 2.45) is 11.8 Å². The lowest BCUT2D eigenvalue weighted by Crippen LogP contribution is -2.47. The summed E-state index contributed by atoms with van der Waals surface area (Å²) in [6, 6.07) is 1.50. The Labute approximate surface area is 153 Å². The molecule has 1 aromatic carbocycles. The molecule has 7 nitrogen and oxygen atoms in total. The van der Waals surface area contributed by atoms with Gasteiger partial charge in [0.2, 0.25) is 0 Å². The van der Waals surface area contributed by atoms with E-state index in [1.54, 1.807) is 6.92 Å². The number of nitrogens with one attached hydrogen (secondary N) is 1. The molecule has 10 heteroatoms. The van der Waals surface area contributed by atoms with Crippen LogP contribution in [0.15, 0.2) is 18.2 Å². The van der Waals surface area contributed by atoms with Gasteiger partial charge >= 0.3 is 24.1 Å². The van der Waals surface area contributed by atoms with Gasteiger partial charge in [-0.1, -0.05) is 6.92 Å². The maximum Gasteiger partial charge on any atom is 0.416 e. The molecule has 1 aliphatic heterocycles. The highest BCUT2D eigenvalue weighted by atomic mass is 19.4. The summed E-state index contributed by atoms with van der Waals surface area (Å²) in [5, 5.41) is 11.5. The Bertz CT molecular complexity index is 751. The van der Waals surface area contributed by atoms with Gasteiger partial charge in [0.1, 0.15) is 0 Å². The van der Waals surface area contributed by atoms with Gasteiger partial charge in [-0.25, -0.2) is 9.59 Å². The van der Waals surface area contributed by atoms with Crippen molar-refractivity contribution in [3.8, 4) is 0 Å². The Kier molecular flexibility index (Phi) is 5.97. The number of amides is 2. The number of piperidine rings is 1. The van der Waals surface area contributed by atoms with Crippen LogP contribution in [0.5, 0.6) is 0 Å². The monoisotopic (exact) mass is 388 g/mol. The summed E-state index contributed by atoms with van der Waals surface area (Å²) in [4.78, 5) is 36.7. The lowest BCUT2D eigenvalue weighted by Gasteiger charge is -2.34. The molecule has 0 saturated carbocycles. The van der Waals surface area contributed by atoms with Crippen molar-refractivity contribution < 1.29 is 37.4 Å². The minimum atomic E-state index is -4.66. The molecule has 2 amide bonds. The number of likely N-dealkylation sites (tertiary alicyclic amines) is 1. The standard InChI is InChI=1S/C17H19F3N2O5/c1-9-5-10(14(23)24)8-22(7-9)16(26)21-13-6-11(17(18,19)20)3-4-12(13)15(25)27-2/h3-4,6,9-10H,5,7-8H2,1-2H3,(H,21,26)(H,23,24). The van der Waals surface area contributed by atoms with Gasteiger partial charge in [0, 0.05) is 13.1 Å². The Morgan fingerprint density at radius 3 is 2.48 bits per heavy atom. The largest absolute Gasteiger partial charge is 0.481 e. The normalized spacial score (nSPS) is 20.1. The predicted octanol–water partition coefficient (Wildman–Crippen LogP) is 3.07. The number of hydrogen-bond donors (Lipinski definition) is 2. The fourth-order valence-corrected chi connectivity index (χ4v) is 3.00. The molecule has 0 bridgehead atoms. The van der Waals surface area contributed by atoms with E-state index in [1.165, 1.54) is 4.90 Å². The Hall–Kier alpha value is -2.78. The van der Waals surface area contributed by atoms with E-state index in [0.717, 1.165) is 13.2 Å². The zero-order chi connectivity index (χ0) is 20.4. The molecular formula is C17H19F3N2O5. The number of carboxylic acid groups (broad SMARTS) is 1. The van der Waals surface area contributed by atoms with Crippen LogP contribution in [0.2, 0.25) is 0 Å². The van der Waals surface area contributed by atoms with E-state index in [1.807, 2.05) is 0 Å². The van der Waals surface area contributed by atoms with Gasteiger partial charge < -0.3 is 20.1 Å². The molecule has 2 N–H and O–H groups in total. The van der Waals surface area contributed by atoms with E-state index in [-0.39, 0.29) is 30.3 Å². The van der Waals surface area contributed by atoms with E-state index in [0.29, 0.717) is 18.6 Å². The Morgan fingerprint density at radius 2 is 1.93 bits per heavy atom. The molecular weight excluding hydrogens is 369 g/mol. The number of hydrogen-bond acceptors (Lipinski definition) is 4. The number of ether oxygens (including phenoxy) is 1. The fourth-order valence-electron chi connectivity index (χ4n) is 3.00. The summed E-state index contributed by atoms with van der Waals surface area (Å²) in [7, 11) is 1.06. The number of esters is 1. The molecule has 2 atom stereocenters. The topological polar surface area (TPSA) is 95.9 Å². The van der Waals surface area contributed by atoms with Gasteiger partial charge in [0.15, 0.2) is 0 Å². The second kappa shape index (κ2) is 7.85. The van der Waals surface area contributed by atoms with Crippen molar-refractivity contribution >= 4 is 23.7 Å². The predicted molar refractivity (Wildman–Crippen MR) is 88.3 cm³/mol. The van der Waals surface area contributed by atoms with Crippen molar-refractivity contribution in [1.29, 1.82) is 0 Å². The van der Waals surface area contributed by atoms with Crippen LogP contribution in [0.1, 0.15) is 29.3 Å². The molecule has 0 aliphatic carbocycles. The van der Waals surface area contributed by atoms with Crippen LogP contribution in [0.25, 0.3) is 0 Å². The number of aliphatic carboxylic acids is 1. The molecule has 27 heavy (non-hydrogen) atoms. The maximum absolute atomic E-state index is 13.0. The highest BCUT2D eigenvalue weighted by molar-refractivity contribution is 6.01. The molecule has 1 aliphatic rings. The average Bonchev–Trinajstić information content (AvgIpc) is 2.59. The molecule has 1 heterocycles. The number of carbonyl (C=O) groups is 3. The summed E-state index contributed by atoms with van der Waals surface area (Å²) in [6.45, 7) is 1.96. The third-order valence-corrected chi connectivity index (χ3v) is 4.29. The number of carboxylic acids is 1. The van der Waals surface area contributed by atoms with E-state index >= 15 is 0 Å². The molecule has 0 aromatic heterocycles. The van der Waals surface area contributed by atoms with Crippen LogP contribution >= 0.6 is 0 Å². The van der Waals surface area contributed by atoms with Crippen LogP contribution in [0.4, 0.5) is 23.7 Å². The highest BCUT2D eigenvalue weighted by Crippen LogP contribution is 2.33. The smallest absolute Gasteiger partial charge is 0.416 e. The average molecular weight is 388 g/mol. The lowest BCUT2D eigenvalue weighted by molar-refractivity contribution is -0.143. The van der Waals surface area contributed by atoms with Crippen molar-refractivity contribution in [2.45, 2.75) is 19.5 Å².